The number of carbonyl (C=O) groups is 1. The minimum absolute atomic E-state index is 0.0402. The summed E-state index contributed by atoms with van der Waals surface area (Å²) in [7, 11) is 4.69. The van der Waals surface area contributed by atoms with Gasteiger partial charge in [-0.05, 0) is 39.0 Å². The van der Waals surface area contributed by atoms with Gasteiger partial charge < -0.3 is 9.22 Å². The van der Waals surface area contributed by atoms with Gasteiger partial charge in [0.15, 0.2) is 0 Å². The van der Waals surface area contributed by atoms with Crippen LogP contribution in [0.4, 0.5) is 0 Å². The maximum Gasteiger partial charge on any atom is 0.305 e. The zero-order valence-corrected chi connectivity index (χ0v) is 17.8. The van der Waals surface area contributed by atoms with Crippen molar-refractivity contribution < 1.29 is 14.0 Å². The van der Waals surface area contributed by atoms with Crippen molar-refractivity contribution in [3.8, 4) is 0 Å². The number of unbranched alkanes of at least 4 members (excludes halogenated alkanes) is 11. The molecule has 0 spiro atoms. The van der Waals surface area contributed by atoms with Crippen LogP contribution in [-0.4, -0.2) is 44.2 Å². The molecule has 25 heavy (non-hydrogen) atoms. The van der Waals surface area contributed by atoms with E-state index in [1.54, 1.807) is 0 Å². The molecule has 0 aliphatic rings. The van der Waals surface area contributed by atoms with Gasteiger partial charge in [-0.15, -0.1) is 0 Å². The van der Waals surface area contributed by atoms with Crippen LogP contribution in [0, 0.1) is 0 Å². The molecular weight excluding hydrogens is 310 g/mol. The molecule has 0 aromatic rings. The van der Waals surface area contributed by atoms with E-state index in [9.17, 15) is 4.79 Å². The van der Waals surface area contributed by atoms with Crippen LogP contribution in [-0.2, 0) is 9.53 Å². The Morgan fingerprint density at radius 2 is 1.12 bits per heavy atom. The van der Waals surface area contributed by atoms with Crippen molar-refractivity contribution in [3.63, 3.8) is 0 Å². The highest BCUT2D eigenvalue weighted by Gasteiger charge is 2.13. The van der Waals surface area contributed by atoms with Gasteiger partial charge in [-0.1, -0.05) is 58.3 Å². The molecule has 150 valence electrons. The maximum absolute atomic E-state index is 11.3. The van der Waals surface area contributed by atoms with Crippen molar-refractivity contribution >= 4 is 5.97 Å². The first-order valence-corrected chi connectivity index (χ1v) is 11.0. The van der Waals surface area contributed by atoms with E-state index in [0.29, 0.717) is 13.0 Å². The number of ether oxygens (including phenoxy) is 1. The van der Waals surface area contributed by atoms with E-state index in [0.717, 1.165) is 17.3 Å². The van der Waals surface area contributed by atoms with Crippen molar-refractivity contribution in [2.75, 3.05) is 33.8 Å². The normalized spacial score (nSPS) is 11.7. The van der Waals surface area contributed by atoms with Gasteiger partial charge in [0.05, 0.1) is 33.8 Å². The average Bonchev–Trinajstić information content (AvgIpc) is 2.56. The van der Waals surface area contributed by atoms with Crippen LogP contribution in [0.25, 0.3) is 0 Å². The molecule has 0 radical (unpaired) electrons. The van der Waals surface area contributed by atoms with Gasteiger partial charge in [-0.3, -0.25) is 4.79 Å². The summed E-state index contributed by atoms with van der Waals surface area (Å²) < 4.78 is 6.09. The van der Waals surface area contributed by atoms with E-state index in [1.807, 2.05) is 6.92 Å². The van der Waals surface area contributed by atoms with Crippen LogP contribution in [0.15, 0.2) is 0 Å². The predicted octanol–water partition coefficient (Wildman–Crippen LogP) is 6.11. The fourth-order valence-electron chi connectivity index (χ4n) is 3.36. The van der Waals surface area contributed by atoms with Crippen LogP contribution >= 0.6 is 0 Å². The summed E-state index contributed by atoms with van der Waals surface area (Å²) in [4.78, 5) is 11.3. The zero-order chi connectivity index (χ0) is 18.8. The summed E-state index contributed by atoms with van der Waals surface area (Å²) in [5.74, 6) is -0.0402. The van der Waals surface area contributed by atoms with E-state index in [4.69, 9.17) is 4.74 Å². The van der Waals surface area contributed by atoms with Crippen LogP contribution in [0.5, 0.6) is 0 Å². The molecular formula is C22H46NO2+. The molecule has 0 N–H and O–H groups in total. The van der Waals surface area contributed by atoms with E-state index in [2.05, 4.69) is 21.0 Å². The van der Waals surface area contributed by atoms with Gasteiger partial charge in [-0.25, -0.2) is 0 Å². The second kappa shape index (κ2) is 16.9. The van der Waals surface area contributed by atoms with Crippen LogP contribution < -0.4 is 0 Å². The van der Waals surface area contributed by atoms with Crippen molar-refractivity contribution in [1.82, 2.24) is 0 Å². The van der Waals surface area contributed by atoms with E-state index in [1.165, 1.54) is 83.7 Å². The lowest BCUT2D eigenvalue weighted by Gasteiger charge is -2.30. The predicted molar refractivity (Wildman–Crippen MR) is 109 cm³/mol. The monoisotopic (exact) mass is 356 g/mol. The summed E-state index contributed by atoms with van der Waals surface area (Å²) in [6.45, 7) is 7.16. The summed E-state index contributed by atoms with van der Waals surface area (Å²) in [5, 5.41) is 0. The van der Waals surface area contributed by atoms with Crippen molar-refractivity contribution in [1.29, 1.82) is 0 Å². The van der Waals surface area contributed by atoms with Gasteiger partial charge in [0.1, 0.15) is 0 Å². The summed E-state index contributed by atoms with van der Waals surface area (Å²) in [6, 6.07) is 0. The van der Waals surface area contributed by atoms with Gasteiger partial charge in [0, 0.05) is 6.42 Å². The third-order valence-electron chi connectivity index (χ3n) is 5.07. The van der Waals surface area contributed by atoms with Crippen LogP contribution in [0.3, 0.4) is 0 Å². The van der Waals surface area contributed by atoms with Crippen molar-refractivity contribution in [2.45, 2.75) is 104 Å². The Morgan fingerprint density at radius 3 is 1.60 bits per heavy atom. The number of hydrogen-bond donors (Lipinski definition) is 0. The zero-order valence-electron chi connectivity index (χ0n) is 17.8. The van der Waals surface area contributed by atoms with E-state index < -0.39 is 0 Å². The molecule has 0 bridgehead atoms. The highest BCUT2D eigenvalue weighted by molar-refractivity contribution is 5.69. The Labute approximate surface area is 158 Å². The van der Waals surface area contributed by atoms with Gasteiger partial charge in [0.25, 0.3) is 0 Å². The third kappa shape index (κ3) is 18.0. The standard InChI is InChI=1S/C22H46NO2/c1-5-7-8-9-10-11-12-13-14-17-20-23(3,4)21-18-15-16-19-22(24)25-6-2/h5-21H2,1-4H3/q+1. The number of rotatable bonds is 18. The lowest BCUT2D eigenvalue weighted by Crippen LogP contribution is -2.41. The van der Waals surface area contributed by atoms with Gasteiger partial charge in [0.2, 0.25) is 0 Å². The minimum Gasteiger partial charge on any atom is -0.466 e. The first-order valence-electron chi connectivity index (χ1n) is 11.0. The molecule has 0 amide bonds. The highest BCUT2D eigenvalue weighted by atomic mass is 16.5. The SMILES string of the molecule is CCCCCCCCCCCC[N+](C)(C)CCCCCC(=O)OCC. The Morgan fingerprint density at radius 1 is 0.680 bits per heavy atom. The molecule has 0 aromatic heterocycles. The van der Waals surface area contributed by atoms with Gasteiger partial charge >= 0.3 is 5.97 Å². The lowest BCUT2D eigenvalue weighted by molar-refractivity contribution is -0.890. The topological polar surface area (TPSA) is 26.3 Å². The fraction of sp³-hybridized carbons (Fsp3) is 0.955. The molecule has 0 fully saturated rings. The summed E-state index contributed by atoms with van der Waals surface area (Å²) >= 11 is 0. The fourth-order valence-corrected chi connectivity index (χ4v) is 3.36. The second-order valence-electron chi connectivity index (χ2n) is 8.18. The first kappa shape index (κ1) is 24.4. The molecule has 0 aliphatic heterocycles. The molecule has 3 nitrogen and oxygen atoms in total. The smallest absolute Gasteiger partial charge is 0.305 e. The summed E-state index contributed by atoms with van der Waals surface area (Å²) in [5.41, 5.74) is 0. The Bertz CT molecular complexity index is 302. The van der Waals surface area contributed by atoms with Crippen molar-refractivity contribution in [2.24, 2.45) is 0 Å². The Balaban J connectivity index is 3.41. The third-order valence-corrected chi connectivity index (χ3v) is 5.07. The maximum atomic E-state index is 11.3. The quantitative estimate of drug-likeness (QED) is 0.168. The van der Waals surface area contributed by atoms with E-state index >= 15 is 0 Å². The van der Waals surface area contributed by atoms with E-state index in [-0.39, 0.29) is 5.97 Å². The van der Waals surface area contributed by atoms with Crippen LogP contribution in [0.2, 0.25) is 0 Å². The Hall–Kier alpha value is -0.570. The molecule has 0 unspecified atom stereocenters. The largest absolute Gasteiger partial charge is 0.466 e. The minimum atomic E-state index is -0.0402. The number of esters is 1. The lowest BCUT2D eigenvalue weighted by atomic mass is 10.1. The summed E-state index contributed by atoms with van der Waals surface area (Å²) in [6.07, 6.45) is 18.0. The molecule has 0 saturated heterocycles. The van der Waals surface area contributed by atoms with Crippen molar-refractivity contribution in [3.05, 3.63) is 0 Å². The molecule has 0 rings (SSSR count). The number of hydrogen-bond acceptors (Lipinski definition) is 2. The molecule has 0 atom stereocenters. The first-order chi connectivity index (χ1) is 12.0. The number of nitrogens with zero attached hydrogens (tertiary/aromatic N) is 1. The number of carbonyl (C=O) groups excluding carboxylic acids is 1. The Kier molecular flexibility index (Phi) is 16.5. The molecule has 0 aliphatic carbocycles. The molecule has 3 heteroatoms. The molecule has 0 heterocycles. The molecule has 0 saturated carbocycles. The number of quaternary nitrogens is 1. The van der Waals surface area contributed by atoms with Gasteiger partial charge in [-0.2, -0.15) is 0 Å². The second-order valence-corrected chi connectivity index (χ2v) is 8.18. The average molecular weight is 357 g/mol. The molecule has 0 aromatic carbocycles. The van der Waals surface area contributed by atoms with Crippen LogP contribution in [0.1, 0.15) is 104 Å². The highest BCUT2D eigenvalue weighted by Crippen LogP contribution is 2.12.